The van der Waals surface area contributed by atoms with Crippen molar-refractivity contribution in [3.8, 4) is 0 Å². The second-order valence-electron chi connectivity index (χ2n) is 3.60. The molecule has 1 aromatic rings. The van der Waals surface area contributed by atoms with Gasteiger partial charge in [-0.1, -0.05) is 0 Å². The molecule has 1 aromatic heterocycles. The first-order valence-corrected chi connectivity index (χ1v) is 5.30. The van der Waals surface area contributed by atoms with Gasteiger partial charge in [-0.05, 0) is 13.8 Å². The number of carbonyl (C=O) groups is 1. The van der Waals surface area contributed by atoms with E-state index in [4.69, 9.17) is 20.7 Å². The maximum absolute atomic E-state index is 11.7. The van der Waals surface area contributed by atoms with Gasteiger partial charge in [0.25, 0.3) is 0 Å². The van der Waals surface area contributed by atoms with Crippen molar-refractivity contribution in [2.45, 2.75) is 26.5 Å². The van der Waals surface area contributed by atoms with Gasteiger partial charge in [-0.2, -0.15) is 5.10 Å². The Morgan fingerprint density at radius 3 is 2.82 bits per heavy atom. The van der Waals surface area contributed by atoms with E-state index in [-0.39, 0.29) is 18.0 Å². The van der Waals surface area contributed by atoms with E-state index in [0.29, 0.717) is 12.2 Å². The number of aliphatic hydroxyl groups is 2. The van der Waals surface area contributed by atoms with Gasteiger partial charge < -0.3 is 20.7 Å². The largest absolute Gasteiger partial charge is 0.458 e. The molecule has 7 heteroatoms. The molecule has 0 aliphatic heterocycles. The summed E-state index contributed by atoms with van der Waals surface area (Å²) in [5.74, 6) is -0.655. The smallest absolute Gasteiger partial charge is 0.358 e. The summed E-state index contributed by atoms with van der Waals surface area (Å²) < 4.78 is 6.27. The molecule has 0 bridgehead atoms. The van der Waals surface area contributed by atoms with Crippen molar-refractivity contribution >= 4 is 11.7 Å². The molecule has 1 rings (SSSR count). The summed E-state index contributed by atoms with van der Waals surface area (Å²) >= 11 is 0. The van der Waals surface area contributed by atoms with Crippen LogP contribution in [0.5, 0.6) is 0 Å². The highest BCUT2D eigenvalue weighted by atomic mass is 16.5. The lowest BCUT2D eigenvalue weighted by molar-refractivity contribution is 0.00852. The molecule has 0 aromatic carbocycles. The zero-order valence-corrected chi connectivity index (χ0v) is 9.88. The lowest BCUT2D eigenvalue weighted by atomic mass is 10.3. The Morgan fingerprint density at radius 1 is 1.65 bits per heavy atom. The zero-order valence-electron chi connectivity index (χ0n) is 9.88. The normalized spacial score (nSPS) is 12.5. The molecule has 7 nitrogen and oxygen atoms in total. The SMILES string of the molecule is CCn1nc(C)c(N)c1C(=O)OCC(O)CO. The lowest BCUT2D eigenvalue weighted by Crippen LogP contribution is -2.23. The summed E-state index contributed by atoms with van der Waals surface area (Å²) in [6.45, 7) is 3.27. The van der Waals surface area contributed by atoms with E-state index in [1.165, 1.54) is 4.68 Å². The van der Waals surface area contributed by atoms with Crippen LogP contribution in [-0.2, 0) is 11.3 Å². The first-order valence-electron chi connectivity index (χ1n) is 5.30. The van der Waals surface area contributed by atoms with E-state index in [9.17, 15) is 4.79 Å². The number of anilines is 1. The highest BCUT2D eigenvalue weighted by Crippen LogP contribution is 2.17. The Kier molecular flexibility index (Phi) is 4.47. The fraction of sp³-hybridized carbons (Fsp3) is 0.600. The van der Waals surface area contributed by atoms with Gasteiger partial charge in [0.2, 0.25) is 0 Å². The van der Waals surface area contributed by atoms with E-state index in [1.54, 1.807) is 6.92 Å². The average Bonchev–Trinajstić information content (AvgIpc) is 2.61. The van der Waals surface area contributed by atoms with Crippen molar-refractivity contribution in [3.05, 3.63) is 11.4 Å². The molecule has 96 valence electrons. The first kappa shape index (κ1) is 13.5. The highest BCUT2D eigenvalue weighted by Gasteiger charge is 2.21. The van der Waals surface area contributed by atoms with Crippen molar-refractivity contribution in [2.75, 3.05) is 18.9 Å². The molecule has 4 N–H and O–H groups in total. The van der Waals surface area contributed by atoms with E-state index in [1.807, 2.05) is 6.92 Å². The Morgan fingerprint density at radius 2 is 2.29 bits per heavy atom. The molecule has 1 heterocycles. The van der Waals surface area contributed by atoms with Crippen LogP contribution in [0.3, 0.4) is 0 Å². The number of esters is 1. The molecule has 0 radical (unpaired) electrons. The predicted octanol–water partition coefficient (Wildman–Crippen LogP) is -0.696. The summed E-state index contributed by atoms with van der Waals surface area (Å²) in [6.07, 6.45) is -1.08. The predicted molar refractivity (Wildman–Crippen MR) is 60.4 cm³/mol. The van der Waals surface area contributed by atoms with Crippen molar-refractivity contribution in [1.29, 1.82) is 0 Å². The maximum atomic E-state index is 11.7. The Labute approximate surface area is 98.8 Å². The molecule has 1 atom stereocenters. The van der Waals surface area contributed by atoms with Crippen LogP contribution in [0.2, 0.25) is 0 Å². The summed E-state index contributed by atoms with van der Waals surface area (Å²) in [5, 5.41) is 21.7. The number of rotatable bonds is 5. The molecular formula is C10H17N3O4. The fourth-order valence-electron chi connectivity index (χ4n) is 1.33. The van der Waals surface area contributed by atoms with E-state index >= 15 is 0 Å². The van der Waals surface area contributed by atoms with Gasteiger partial charge in [0.1, 0.15) is 12.7 Å². The van der Waals surface area contributed by atoms with Gasteiger partial charge in [0, 0.05) is 6.54 Å². The number of aryl methyl sites for hydroxylation is 2. The minimum atomic E-state index is -1.08. The number of hydrogen-bond donors (Lipinski definition) is 3. The number of aromatic nitrogens is 2. The van der Waals surface area contributed by atoms with Gasteiger partial charge in [0.15, 0.2) is 5.69 Å². The van der Waals surface area contributed by atoms with Crippen molar-refractivity contribution in [2.24, 2.45) is 0 Å². The van der Waals surface area contributed by atoms with E-state index < -0.39 is 18.7 Å². The van der Waals surface area contributed by atoms with Crippen LogP contribution in [-0.4, -0.2) is 45.3 Å². The lowest BCUT2D eigenvalue weighted by Gasteiger charge is -2.09. The second-order valence-corrected chi connectivity index (χ2v) is 3.60. The molecule has 0 aliphatic rings. The summed E-state index contributed by atoms with van der Waals surface area (Å²) in [6, 6.07) is 0. The van der Waals surface area contributed by atoms with Gasteiger partial charge in [0.05, 0.1) is 18.0 Å². The van der Waals surface area contributed by atoms with Crippen LogP contribution >= 0.6 is 0 Å². The third kappa shape index (κ3) is 2.95. The van der Waals surface area contributed by atoms with Crippen molar-refractivity contribution in [3.63, 3.8) is 0 Å². The number of nitrogens with zero attached hydrogens (tertiary/aromatic N) is 2. The Hall–Kier alpha value is -1.60. The molecule has 1 unspecified atom stereocenters. The quantitative estimate of drug-likeness (QED) is 0.590. The monoisotopic (exact) mass is 243 g/mol. The second kappa shape index (κ2) is 5.65. The van der Waals surface area contributed by atoms with Crippen molar-refractivity contribution in [1.82, 2.24) is 9.78 Å². The van der Waals surface area contributed by atoms with Gasteiger partial charge >= 0.3 is 5.97 Å². The molecular weight excluding hydrogens is 226 g/mol. The zero-order chi connectivity index (χ0) is 13.0. The van der Waals surface area contributed by atoms with E-state index in [0.717, 1.165) is 0 Å². The molecule has 17 heavy (non-hydrogen) atoms. The third-order valence-electron chi connectivity index (χ3n) is 2.28. The van der Waals surface area contributed by atoms with Gasteiger partial charge in [-0.15, -0.1) is 0 Å². The Balaban J connectivity index is 2.81. The molecule has 0 spiro atoms. The molecule has 0 saturated heterocycles. The number of nitrogens with two attached hydrogens (primary N) is 1. The molecule has 0 saturated carbocycles. The van der Waals surface area contributed by atoms with Crippen LogP contribution in [0.15, 0.2) is 0 Å². The minimum absolute atomic E-state index is 0.176. The number of ether oxygens (including phenoxy) is 1. The summed E-state index contributed by atoms with van der Waals surface area (Å²) in [7, 11) is 0. The van der Waals surface area contributed by atoms with Crippen LogP contribution < -0.4 is 5.73 Å². The van der Waals surface area contributed by atoms with Crippen LogP contribution in [0.25, 0.3) is 0 Å². The van der Waals surface area contributed by atoms with Crippen LogP contribution in [0.4, 0.5) is 5.69 Å². The van der Waals surface area contributed by atoms with Gasteiger partial charge in [-0.3, -0.25) is 4.68 Å². The topological polar surface area (TPSA) is 111 Å². The van der Waals surface area contributed by atoms with Crippen molar-refractivity contribution < 1.29 is 19.7 Å². The van der Waals surface area contributed by atoms with Crippen LogP contribution in [0, 0.1) is 6.92 Å². The fourth-order valence-corrected chi connectivity index (χ4v) is 1.33. The molecule has 0 amide bonds. The number of carbonyl (C=O) groups excluding carboxylic acids is 1. The number of nitrogen functional groups attached to an aromatic ring is 1. The number of hydrogen-bond acceptors (Lipinski definition) is 6. The summed E-state index contributed by atoms with van der Waals surface area (Å²) in [5.41, 5.74) is 6.73. The average molecular weight is 243 g/mol. The first-order chi connectivity index (χ1) is 8.01. The number of aliphatic hydroxyl groups excluding tert-OH is 2. The van der Waals surface area contributed by atoms with Crippen LogP contribution in [0.1, 0.15) is 23.1 Å². The molecule has 0 aliphatic carbocycles. The summed E-state index contributed by atoms with van der Waals surface area (Å²) in [4.78, 5) is 11.7. The standard InChI is InChI=1S/C10H17N3O4/c1-3-13-9(8(11)6(2)12-13)10(16)17-5-7(15)4-14/h7,14-15H,3-5,11H2,1-2H3. The maximum Gasteiger partial charge on any atom is 0.358 e. The minimum Gasteiger partial charge on any atom is -0.458 e. The highest BCUT2D eigenvalue weighted by molar-refractivity contribution is 5.93. The third-order valence-corrected chi connectivity index (χ3v) is 2.28. The van der Waals surface area contributed by atoms with Gasteiger partial charge in [-0.25, -0.2) is 4.79 Å². The molecule has 0 fully saturated rings. The van der Waals surface area contributed by atoms with E-state index in [2.05, 4.69) is 5.10 Å². The Bertz CT molecular complexity index is 403.